The number of benzene rings is 2. The zero-order valence-corrected chi connectivity index (χ0v) is 21.4. The van der Waals surface area contributed by atoms with Crippen LogP contribution in [0.5, 0.6) is 17.2 Å². The summed E-state index contributed by atoms with van der Waals surface area (Å²) < 4.78 is 18.8. The van der Waals surface area contributed by atoms with Crippen molar-refractivity contribution in [2.24, 2.45) is 0 Å². The van der Waals surface area contributed by atoms with Crippen LogP contribution in [-0.2, 0) is 11.3 Å². The molecule has 2 aromatic carbocycles. The SMILES string of the molecule is O=c1[nH]c2cc3c(cc2cc1[C@@H](c1nnnn1C[C@H]1CCCO1)[NH+]1CCN(c2ccc(O)cc2)CC1)OCO3. The largest absolute Gasteiger partial charge is 0.508 e. The van der Waals surface area contributed by atoms with E-state index in [0.29, 0.717) is 34.9 Å². The van der Waals surface area contributed by atoms with Crippen molar-refractivity contribution in [1.29, 1.82) is 0 Å². The monoisotopic (exact) mass is 532 g/mol. The van der Waals surface area contributed by atoms with Crippen LogP contribution in [0.25, 0.3) is 10.9 Å². The van der Waals surface area contributed by atoms with E-state index in [1.165, 1.54) is 4.90 Å². The fraction of sp³-hybridized carbons (Fsp3) is 0.407. The van der Waals surface area contributed by atoms with Crippen LogP contribution in [0.2, 0.25) is 0 Å². The van der Waals surface area contributed by atoms with Crippen molar-refractivity contribution in [3.8, 4) is 17.2 Å². The molecule has 39 heavy (non-hydrogen) atoms. The number of tetrazole rings is 1. The van der Waals surface area contributed by atoms with E-state index in [4.69, 9.17) is 14.2 Å². The number of quaternary nitrogens is 1. The third-order valence-corrected chi connectivity index (χ3v) is 7.92. The summed E-state index contributed by atoms with van der Waals surface area (Å²) in [5.74, 6) is 2.19. The quantitative estimate of drug-likeness (QED) is 0.327. The number of aromatic hydroxyl groups is 1. The van der Waals surface area contributed by atoms with Crippen LogP contribution >= 0.6 is 0 Å². The molecule has 2 aromatic heterocycles. The van der Waals surface area contributed by atoms with Crippen LogP contribution in [0.1, 0.15) is 30.3 Å². The van der Waals surface area contributed by atoms with E-state index in [1.807, 2.05) is 35.0 Å². The first-order valence-electron chi connectivity index (χ1n) is 13.4. The molecule has 2 atom stereocenters. The molecule has 0 amide bonds. The van der Waals surface area contributed by atoms with Crippen LogP contribution in [0.4, 0.5) is 5.69 Å². The molecule has 0 radical (unpaired) electrons. The lowest BCUT2D eigenvalue weighted by atomic mass is 10.0. The molecule has 7 rings (SSSR count). The Morgan fingerprint density at radius 3 is 2.67 bits per heavy atom. The van der Waals surface area contributed by atoms with Crippen molar-refractivity contribution in [3.05, 3.63) is 64.2 Å². The number of phenols is 1. The molecule has 12 heteroatoms. The summed E-state index contributed by atoms with van der Waals surface area (Å²) in [6, 6.07) is 12.5. The second-order valence-electron chi connectivity index (χ2n) is 10.3. The van der Waals surface area contributed by atoms with Gasteiger partial charge in [-0.15, -0.1) is 5.10 Å². The zero-order valence-electron chi connectivity index (χ0n) is 21.4. The van der Waals surface area contributed by atoms with Gasteiger partial charge in [0.1, 0.15) is 5.75 Å². The zero-order chi connectivity index (χ0) is 26.3. The minimum absolute atomic E-state index is 0.0591. The van der Waals surface area contributed by atoms with E-state index in [-0.39, 0.29) is 30.2 Å². The maximum atomic E-state index is 13.6. The summed E-state index contributed by atoms with van der Waals surface area (Å²) in [7, 11) is 0. The minimum atomic E-state index is -0.373. The molecule has 0 spiro atoms. The average Bonchev–Trinajstić information content (AvgIpc) is 3.72. The molecule has 202 valence electrons. The predicted octanol–water partition coefficient (Wildman–Crippen LogP) is 0.622. The fourth-order valence-electron chi connectivity index (χ4n) is 5.90. The van der Waals surface area contributed by atoms with Gasteiger partial charge < -0.3 is 34.1 Å². The number of phenolic OH excluding ortho intramolecular Hbond substituents is 1. The van der Waals surface area contributed by atoms with Crippen LogP contribution in [0, 0.1) is 0 Å². The van der Waals surface area contributed by atoms with Gasteiger partial charge in [0.15, 0.2) is 17.5 Å². The molecular weight excluding hydrogens is 502 g/mol. The highest BCUT2D eigenvalue weighted by Crippen LogP contribution is 2.35. The number of H-pyrrole nitrogens is 1. The van der Waals surface area contributed by atoms with Gasteiger partial charge in [-0.05, 0) is 59.7 Å². The Hall–Kier alpha value is -4.16. The highest BCUT2D eigenvalue weighted by molar-refractivity contribution is 5.83. The Bertz CT molecular complexity index is 1540. The summed E-state index contributed by atoms with van der Waals surface area (Å²) in [5.41, 5.74) is 2.19. The maximum Gasteiger partial charge on any atom is 0.258 e. The molecule has 0 unspecified atom stereocenters. The molecular formula is C27H30N7O5+. The number of pyridine rings is 1. The number of aromatic nitrogens is 5. The standard InChI is InChI=1S/C27H29N7O5/c35-19-5-3-18(4-6-19)32-7-9-33(10-8-32)25(26-29-30-31-34(26)15-20-2-1-11-37-20)21-12-17-13-23-24(39-16-38-23)14-22(17)28-27(21)36/h3-6,12-14,20,25,35H,1-2,7-11,15-16H2,(H,28,36)/p+1/t20-,25+/m1/s1. The Morgan fingerprint density at radius 1 is 1.10 bits per heavy atom. The Kier molecular flexibility index (Phi) is 6.05. The Labute approximate surface area is 223 Å². The highest BCUT2D eigenvalue weighted by Gasteiger charge is 2.37. The first kappa shape index (κ1) is 23.9. The molecule has 2 fully saturated rings. The van der Waals surface area contributed by atoms with Gasteiger partial charge in [0.05, 0.1) is 49.9 Å². The van der Waals surface area contributed by atoms with Crippen molar-refractivity contribution in [1.82, 2.24) is 25.2 Å². The first-order chi connectivity index (χ1) is 19.1. The molecule has 3 N–H and O–H groups in total. The van der Waals surface area contributed by atoms with Crippen LogP contribution < -0.4 is 24.8 Å². The molecule has 12 nitrogen and oxygen atoms in total. The van der Waals surface area contributed by atoms with E-state index in [1.54, 1.807) is 12.1 Å². The average molecular weight is 533 g/mol. The van der Waals surface area contributed by atoms with Gasteiger partial charge in [-0.3, -0.25) is 4.79 Å². The van der Waals surface area contributed by atoms with Gasteiger partial charge in [-0.2, -0.15) is 0 Å². The Balaban J connectivity index is 1.25. The second kappa shape index (κ2) is 9.86. The molecule has 3 aliphatic heterocycles. The van der Waals surface area contributed by atoms with Crippen molar-refractivity contribution in [3.63, 3.8) is 0 Å². The van der Waals surface area contributed by atoms with Gasteiger partial charge >= 0.3 is 0 Å². The van der Waals surface area contributed by atoms with E-state index in [9.17, 15) is 9.90 Å². The van der Waals surface area contributed by atoms with Crippen LogP contribution in [-0.4, -0.2) is 76.0 Å². The van der Waals surface area contributed by atoms with Crippen molar-refractivity contribution >= 4 is 16.6 Å². The first-order valence-corrected chi connectivity index (χ1v) is 13.4. The number of hydrogen-bond acceptors (Lipinski definition) is 9. The minimum Gasteiger partial charge on any atom is -0.508 e. The lowest BCUT2D eigenvalue weighted by Crippen LogP contribution is -3.15. The number of anilines is 1. The van der Waals surface area contributed by atoms with E-state index in [2.05, 4.69) is 25.4 Å². The summed E-state index contributed by atoms with van der Waals surface area (Å²) in [6.07, 6.45) is 2.05. The van der Waals surface area contributed by atoms with Gasteiger partial charge in [-0.1, -0.05) is 0 Å². The van der Waals surface area contributed by atoms with Crippen molar-refractivity contribution in [2.45, 2.75) is 31.5 Å². The number of fused-ring (bicyclic) bond motifs is 2. The molecule has 0 aliphatic carbocycles. The summed E-state index contributed by atoms with van der Waals surface area (Å²) in [5, 5.41) is 23.3. The van der Waals surface area contributed by atoms with Crippen molar-refractivity contribution < 1.29 is 24.2 Å². The van der Waals surface area contributed by atoms with Gasteiger partial charge in [-0.25, -0.2) is 4.68 Å². The summed E-state index contributed by atoms with van der Waals surface area (Å²) in [6.45, 7) is 4.58. The summed E-state index contributed by atoms with van der Waals surface area (Å²) in [4.78, 5) is 20.2. The van der Waals surface area contributed by atoms with E-state index < -0.39 is 0 Å². The third kappa shape index (κ3) is 4.55. The highest BCUT2D eigenvalue weighted by atomic mass is 16.7. The number of hydrogen-bond donors (Lipinski definition) is 3. The maximum absolute atomic E-state index is 13.6. The number of nitrogens with zero attached hydrogens (tertiary/aromatic N) is 5. The van der Waals surface area contributed by atoms with E-state index >= 15 is 0 Å². The van der Waals surface area contributed by atoms with Crippen molar-refractivity contribution in [2.75, 3.05) is 44.5 Å². The number of aromatic amines is 1. The summed E-state index contributed by atoms with van der Waals surface area (Å²) >= 11 is 0. The van der Waals surface area contributed by atoms with Crippen LogP contribution in [0.3, 0.4) is 0 Å². The van der Waals surface area contributed by atoms with E-state index in [0.717, 1.165) is 56.7 Å². The molecule has 0 saturated carbocycles. The number of piperazine rings is 1. The van der Waals surface area contributed by atoms with Crippen LogP contribution in [0.15, 0.2) is 47.3 Å². The lowest BCUT2D eigenvalue weighted by molar-refractivity contribution is -0.927. The molecule has 3 aliphatic rings. The number of rotatable bonds is 6. The molecule has 0 bridgehead atoms. The smallest absolute Gasteiger partial charge is 0.258 e. The number of ether oxygens (including phenoxy) is 3. The normalized spacial score (nSPS) is 20.1. The topological polar surface area (TPSA) is 132 Å². The molecule has 4 aromatic rings. The van der Waals surface area contributed by atoms with Gasteiger partial charge in [0, 0.05) is 23.7 Å². The second-order valence-corrected chi connectivity index (χ2v) is 10.3. The predicted molar refractivity (Wildman–Crippen MR) is 140 cm³/mol. The molecule has 2 saturated heterocycles. The Morgan fingerprint density at radius 2 is 1.90 bits per heavy atom. The van der Waals surface area contributed by atoms with Gasteiger partial charge in [0.2, 0.25) is 12.6 Å². The molecule has 5 heterocycles. The number of nitrogens with one attached hydrogen (secondary N) is 2. The third-order valence-electron chi connectivity index (χ3n) is 7.92. The van der Waals surface area contributed by atoms with Gasteiger partial charge in [0.25, 0.3) is 5.56 Å². The fourth-order valence-corrected chi connectivity index (χ4v) is 5.90. The lowest BCUT2D eigenvalue weighted by Gasteiger charge is -2.37.